The highest BCUT2D eigenvalue weighted by molar-refractivity contribution is 5.24. The van der Waals surface area contributed by atoms with Crippen molar-refractivity contribution in [1.29, 1.82) is 5.26 Å². The summed E-state index contributed by atoms with van der Waals surface area (Å²) in [6.45, 7) is 0. The van der Waals surface area contributed by atoms with Gasteiger partial charge in [-0.05, 0) is 0 Å². The summed E-state index contributed by atoms with van der Waals surface area (Å²) < 4.78 is 0. The molecule has 0 aliphatic rings. The molecule has 0 aromatic carbocycles. The van der Waals surface area contributed by atoms with E-state index in [0.717, 1.165) is 0 Å². The fourth-order valence-corrected chi connectivity index (χ4v) is 0.122. The Kier molecular flexibility index (Phi) is 3.67. The molecule has 34 valence electrons. The third kappa shape index (κ3) is 4.59. The normalized spacial score (nSPS) is 6.71. The van der Waals surface area contributed by atoms with Gasteiger partial charge >= 0.3 is 0 Å². The lowest BCUT2D eigenvalue weighted by molar-refractivity contribution is 1.55. The van der Waals surface area contributed by atoms with Crippen LogP contribution in [0.2, 0.25) is 0 Å². The van der Waals surface area contributed by atoms with Gasteiger partial charge in [0.25, 0.3) is 0 Å². The van der Waals surface area contributed by atoms with Crippen molar-refractivity contribution < 1.29 is 0 Å². The number of nitriles is 1. The summed E-state index contributed by atoms with van der Waals surface area (Å²) in [4.78, 5) is 0. The Morgan fingerprint density at radius 2 is 2.29 bits per heavy atom. The number of nitrogens with zero attached hydrogens (tertiary/aromatic N) is 1. The van der Waals surface area contributed by atoms with Crippen LogP contribution in [0.3, 0.4) is 0 Å². The SMILES string of the molecule is N#CC#C/C=C\N. The second-order valence-corrected chi connectivity index (χ2v) is 0.740. The quantitative estimate of drug-likeness (QED) is 0.427. The molecule has 0 saturated heterocycles. The van der Waals surface area contributed by atoms with Gasteiger partial charge in [0.1, 0.15) is 0 Å². The molecule has 0 aliphatic heterocycles. The van der Waals surface area contributed by atoms with Crippen LogP contribution in [-0.4, -0.2) is 0 Å². The van der Waals surface area contributed by atoms with Crippen LogP contribution in [0.25, 0.3) is 0 Å². The molecule has 0 heterocycles. The van der Waals surface area contributed by atoms with E-state index in [0.29, 0.717) is 0 Å². The maximum atomic E-state index is 7.79. The Bertz CT molecular complexity index is 151. The molecule has 0 fully saturated rings. The Hall–Kier alpha value is -1.41. The fourth-order valence-electron chi connectivity index (χ4n) is 0.122. The summed E-state index contributed by atoms with van der Waals surface area (Å²) in [5.74, 6) is 4.51. The minimum Gasteiger partial charge on any atom is -0.404 e. The topological polar surface area (TPSA) is 49.8 Å². The molecule has 0 spiro atoms. The average Bonchev–Trinajstić information content (AvgIpc) is 1.69. The molecule has 0 amide bonds. The van der Waals surface area contributed by atoms with Gasteiger partial charge in [-0.25, -0.2) is 0 Å². The van der Waals surface area contributed by atoms with E-state index in [1.54, 1.807) is 6.07 Å². The van der Waals surface area contributed by atoms with Crippen LogP contribution in [0.15, 0.2) is 12.3 Å². The molecule has 0 unspecified atom stereocenters. The van der Waals surface area contributed by atoms with Gasteiger partial charge in [0.2, 0.25) is 0 Å². The zero-order valence-corrected chi connectivity index (χ0v) is 3.68. The number of rotatable bonds is 0. The van der Waals surface area contributed by atoms with Crippen molar-refractivity contribution in [1.82, 2.24) is 0 Å². The third-order valence-corrected chi connectivity index (χ3v) is 0.308. The lowest BCUT2D eigenvalue weighted by atomic mass is 10.6. The minimum atomic E-state index is 1.28. The van der Waals surface area contributed by atoms with Crippen molar-refractivity contribution in [3.63, 3.8) is 0 Å². The first kappa shape index (κ1) is 5.59. The number of hydrogen-bond acceptors (Lipinski definition) is 2. The molecule has 0 aromatic heterocycles. The summed E-state index contributed by atoms with van der Waals surface area (Å²) in [6, 6.07) is 1.63. The monoisotopic (exact) mass is 92.0 g/mol. The van der Waals surface area contributed by atoms with E-state index < -0.39 is 0 Å². The highest BCUT2D eigenvalue weighted by Crippen LogP contribution is 1.55. The predicted molar refractivity (Wildman–Crippen MR) is 26.7 cm³/mol. The smallest absolute Gasteiger partial charge is 0.152 e. The van der Waals surface area contributed by atoms with Gasteiger partial charge in [0, 0.05) is 18.2 Å². The molecule has 0 bridgehead atoms. The first-order valence-electron chi connectivity index (χ1n) is 1.68. The van der Waals surface area contributed by atoms with Crippen LogP contribution in [0.4, 0.5) is 0 Å². The first-order chi connectivity index (χ1) is 3.41. The minimum absolute atomic E-state index is 1.28. The summed E-state index contributed by atoms with van der Waals surface area (Å²) in [6.07, 6.45) is 2.69. The standard InChI is InChI=1S/C5H4N2/c6-4-2-1-3-5-7/h2,4H,6H2/b4-2-. The molecule has 0 atom stereocenters. The highest BCUT2D eigenvalue weighted by atomic mass is 14.5. The Morgan fingerprint density at radius 3 is 2.71 bits per heavy atom. The molecule has 7 heavy (non-hydrogen) atoms. The van der Waals surface area contributed by atoms with E-state index in [9.17, 15) is 0 Å². The zero-order valence-electron chi connectivity index (χ0n) is 3.68. The van der Waals surface area contributed by atoms with E-state index in [-0.39, 0.29) is 0 Å². The van der Waals surface area contributed by atoms with Gasteiger partial charge in [-0.3, -0.25) is 0 Å². The van der Waals surface area contributed by atoms with Crippen molar-refractivity contribution in [3.05, 3.63) is 12.3 Å². The van der Waals surface area contributed by atoms with Gasteiger partial charge < -0.3 is 5.73 Å². The van der Waals surface area contributed by atoms with Crippen LogP contribution in [0.5, 0.6) is 0 Å². The molecule has 2 nitrogen and oxygen atoms in total. The maximum absolute atomic E-state index is 7.79. The van der Waals surface area contributed by atoms with Crippen molar-refractivity contribution in [2.75, 3.05) is 0 Å². The molecule has 0 saturated carbocycles. The average molecular weight is 92.1 g/mol. The van der Waals surface area contributed by atoms with Gasteiger partial charge in [-0.15, -0.1) is 0 Å². The van der Waals surface area contributed by atoms with E-state index in [4.69, 9.17) is 11.0 Å². The number of hydrogen-bond donors (Lipinski definition) is 1. The lowest BCUT2D eigenvalue weighted by Gasteiger charge is -1.57. The predicted octanol–water partition coefficient (Wildman–Crippen LogP) is -0.0142. The molecule has 2 heteroatoms. The van der Waals surface area contributed by atoms with E-state index >= 15 is 0 Å². The highest BCUT2D eigenvalue weighted by Gasteiger charge is 1.50. The van der Waals surface area contributed by atoms with E-state index in [2.05, 4.69) is 11.8 Å². The molecule has 2 N–H and O–H groups in total. The van der Waals surface area contributed by atoms with Gasteiger partial charge in [-0.2, -0.15) is 5.26 Å². The largest absolute Gasteiger partial charge is 0.404 e. The second-order valence-electron chi connectivity index (χ2n) is 0.740. The van der Waals surface area contributed by atoms with E-state index in [1.165, 1.54) is 12.3 Å². The van der Waals surface area contributed by atoms with E-state index in [1.807, 2.05) is 0 Å². The third-order valence-electron chi connectivity index (χ3n) is 0.308. The van der Waals surface area contributed by atoms with Crippen LogP contribution in [0.1, 0.15) is 0 Å². The molecular formula is C5H4N2. The van der Waals surface area contributed by atoms with Gasteiger partial charge in [-0.1, -0.05) is 5.92 Å². The molecule has 0 aliphatic carbocycles. The van der Waals surface area contributed by atoms with Crippen LogP contribution < -0.4 is 5.73 Å². The molecule has 0 aromatic rings. The summed E-state index contributed by atoms with van der Waals surface area (Å²) in [7, 11) is 0. The molecular weight excluding hydrogens is 88.1 g/mol. The van der Waals surface area contributed by atoms with Crippen LogP contribution in [0, 0.1) is 23.2 Å². The van der Waals surface area contributed by atoms with Crippen LogP contribution in [-0.2, 0) is 0 Å². The maximum Gasteiger partial charge on any atom is 0.152 e. The Morgan fingerprint density at radius 1 is 1.57 bits per heavy atom. The summed E-state index contributed by atoms with van der Waals surface area (Å²) >= 11 is 0. The first-order valence-corrected chi connectivity index (χ1v) is 1.68. The molecule has 0 radical (unpaired) electrons. The van der Waals surface area contributed by atoms with Gasteiger partial charge in [0.05, 0.1) is 0 Å². The van der Waals surface area contributed by atoms with Crippen molar-refractivity contribution >= 4 is 0 Å². The lowest BCUT2D eigenvalue weighted by Crippen LogP contribution is -1.71. The number of nitrogens with two attached hydrogens (primary N) is 1. The second kappa shape index (κ2) is 4.59. The number of allylic oxidation sites excluding steroid dienone is 1. The fraction of sp³-hybridized carbons (Fsp3) is 0. The van der Waals surface area contributed by atoms with Crippen LogP contribution >= 0.6 is 0 Å². The van der Waals surface area contributed by atoms with Crippen molar-refractivity contribution in [3.8, 4) is 17.9 Å². The Labute approximate surface area is 42.2 Å². The summed E-state index contributed by atoms with van der Waals surface area (Å²) in [5, 5.41) is 7.79. The van der Waals surface area contributed by atoms with Crippen molar-refractivity contribution in [2.45, 2.75) is 0 Å². The zero-order chi connectivity index (χ0) is 5.54. The summed E-state index contributed by atoms with van der Waals surface area (Å²) in [5.41, 5.74) is 4.88. The van der Waals surface area contributed by atoms with Gasteiger partial charge in [0.15, 0.2) is 6.07 Å². The Balaban J connectivity index is 3.52. The molecule has 0 rings (SSSR count). The van der Waals surface area contributed by atoms with Crippen molar-refractivity contribution in [2.24, 2.45) is 5.73 Å².